The SMILES string of the molecule is O=C(Nc1ccc(Cl)c(Cl)c1)N1CCC(C(=O)N2CCCCC2)CC1. The first kappa shape index (κ1) is 18.3. The molecular formula is C18H23Cl2N3O2. The van der Waals surface area contributed by atoms with Crippen molar-refractivity contribution in [3.63, 3.8) is 0 Å². The molecular weight excluding hydrogens is 361 g/mol. The van der Waals surface area contributed by atoms with Crippen LogP contribution >= 0.6 is 23.2 Å². The highest BCUT2D eigenvalue weighted by atomic mass is 35.5. The number of anilines is 1. The predicted molar refractivity (Wildman–Crippen MR) is 100 cm³/mol. The van der Waals surface area contributed by atoms with E-state index in [0.29, 0.717) is 28.8 Å². The van der Waals surface area contributed by atoms with Crippen molar-refractivity contribution < 1.29 is 9.59 Å². The van der Waals surface area contributed by atoms with Crippen LogP contribution in [0.5, 0.6) is 0 Å². The van der Waals surface area contributed by atoms with Gasteiger partial charge in [-0.15, -0.1) is 0 Å². The highest BCUT2D eigenvalue weighted by Gasteiger charge is 2.30. The lowest BCUT2D eigenvalue weighted by Crippen LogP contribution is -2.46. The van der Waals surface area contributed by atoms with Crippen LogP contribution in [0, 0.1) is 5.92 Å². The first-order valence-corrected chi connectivity index (χ1v) is 9.60. The number of hydrogen-bond acceptors (Lipinski definition) is 2. The van der Waals surface area contributed by atoms with Gasteiger partial charge in [-0.1, -0.05) is 23.2 Å². The molecule has 5 nitrogen and oxygen atoms in total. The zero-order chi connectivity index (χ0) is 17.8. The molecule has 1 aromatic carbocycles. The zero-order valence-electron chi connectivity index (χ0n) is 14.1. The summed E-state index contributed by atoms with van der Waals surface area (Å²) in [4.78, 5) is 28.7. The van der Waals surface area contributed by atoms with Gasteiger partial charge in [-0.3, -0.25) is 4.79 Å². The number of urea groups is 1. The minimum absolute atomic E-state index is 0.0483. The number of piperidine rings is 2. The van der Waals surface area contributed by atoms with E-state index in [-0.39, 0.29) is 17.9 Å². The van der Waals surface area contributed by atoms with Crippen molar-refractivity contribution in [2.45, 2.75) is 32.1 Å². The van der Waals surface area contributed by atoms with Crippen LogP contribution in [0.3, 0.4) is 0 Å². The largest absolute Gasteiger partial charge is 0.342 e. The molecule has 2 heterocycles. The zero-order valence-corrected chi connectivity index (χ0v) is 15.7. The van der Waals surface area contributed by atoms with Crippen molar-refractivity contribution in [1.29, 1.82) is 0 Å². The second kappa shape index (κ2) is 8.28. The third kappa shape index (κ3) is 4.59. The van der Waals surface area contributed by atoms with E-state index in [2.05, 4.69) is 5.32 Å². The van der Waals surface area contributed by atoms with Gasteiger partial charge in [-0.25, -0.2) is 4.79 Å². The molecule has 0 atom stereocenters. The number of amides is 3. The monoisotopic (exact) mass is 383 g/mol. The van der Waals surface area contributed by atoms with Gasteiger partial charge in [-0.05, 0) is 50.3 Å². The number of hydrogen-bond donors (Lipinski definition) is 1. The number of nitrogens with one attached hydrogen (secondary N) is 1. The van der Waals surface area contributed by atoms with Crippen molar-refractivity contribution in [2.24, 2.45) is 5.92 Å². The lowest BCUT2D eigenvalue weighted by atomic mass is 9.94. The smallest absolute Gasteiger partial charge is 0.321 e. The summed E-state index contributed by atoms with van der Waals surface area (Å²) >= 11 is 11.9. The third-order valence-corrected chi connectivity index (χ3v) is 5.71. The maximum absolute atomic E-state index is 12.6. The molecule has 0 spiro atoms. The van der Waals surface area contributed by atoms with Crippen molar-refractivity contribution >= 4 is 40.8 Å². The molecule has 7 heteroatoms. The van der Waals surface area contributed by atoms with Gasteiger partial charge in [0, 0.05) is 37.8 Å². The van der Waals surface area contributed by atoms with E-state index in [4.69, 9.17) is 23.2 Å². The Morgan fingerprint density at radius 1 is 0.920 bits per heavy atom. The van der Waals surface area contributed by atoms with Crippen LogP contribution in [0.25, 0.3) is 0 Å². The molecule has 1 aromatic rings. The minimum atomic E-state index is -0.165. The average Bonchev–Trinajstić information content (AvgIpc) is 2.65. The molecule has 2 aliphatic rings. The quantitative estimate of drug-likeness (QED) is 0.829. The van der Waals surface area contributed by atoms with Gasteiger partial charge in [0.15, 0.2) is 0 Å². The topological polar surface area (TPSA) is 52.7 Å². The molecule has 0 unspecified atom stereocenters. The molecule has 2 fully saturated rings. The fourth-order valence-corrected chi connectivity index (χ4v) is 3.78. The van der Waals surface area contributed by atoms with Crippen LogP contribution in [-0.2, 0) is 4.79 Å². The molecule has 2 saturated heterocycles. The van der Waals surface area contributed by atoms with Gasteiger partial charge in [0.05, 0.1) is 10.0 Å². The first-order chi connectivity index (χ1) is 12.0. The second-order valence-electron chi connectivity index (χ2n) is 6.71. The average molecular weight is 384 g/mol. The Balaban J connectivity index is 1.50. The molecule has 3 amide bonds. The van der Waals surface area contributed by atoms with Crippen LogP contribution in [0.1, 0.15) is 32.1 Å². The molecule has 2 aliphatic heterocycles. The number of likely N-dealkylation sites (tertiary alicyclic amines) is 2. The second-order valence-corrected chi connectivity index (χ2v) is 7.52. The molecule has 0 aromatic heterocycles. The van der Waals surface area contributed by atoms with Crippen molar-refractivity contribution in [3.05, 3.63) is 28.2 Å². The van der Waals surface area contributed by atoms with E-state index in [0.717, 1.165) is 38.8 Å². The van der Waals surface area contributed by atoms with E-state index < -0.39 is 0 Å². The Morgan fingerprint density at radius 3 is 2.24 bits per heavy atom. The van der Waals surface area contributed by atoms with Crippen molar-refractivity contribution in [3.8, 4) is 0 Å². The molecule has 136 valence electrons. The minimum Gasteiger partial charge on any atom is -0.342 e. The number of nitrogens with zero attached hydrogens (tertiary/aromatic N) is 2. The lowest BCUT2D eigenvalue weighted by Gasteiger charge is -2.35. The maximum atomic E-state index is 12.6. The Hall–Kier alpha value is -1.46. The highest BCUT2D eigenvalue weighted by molar-refractivity contribution is 6.42. The van der Waals surface area contributed by atoms with Gasteiger partial charge in [-0.2, -0.15) is 0 Å². The normalized spacial score (nSPS) is 19.0. The Kier molecular flexibility index (Phi) is 6.07. The Bertz CT molecular complexity index is 639. The van der Waals surface area contributed by atoms with Gasteiger partial charge in [0.2, 0.25) is 5.91 Å². The van der Waals surface area contributed by atoms with Crippen molar-refractivity contribution in [2.75, 3.05) is 31.5 Å². The summed E-state index contributed by atoms with van der Waals surface area (Å²) in [6, 6.07) is 4.85. The summed E-state index contributed by atoms with van der Waals surface area (Å²) in [7, 11) is 0. The molecule has 3 rings (SSSR count). The Labute approximate surface area is 158 Å². The first-order valence-electron chi connectivity index (χ1n) is 8.84. The van der Waals surface area contributed by atoms with E-state index in [1.165, 1.54) is 6.42 Å². The lowest BCUT2D eigenvalue weighted by molar-refractivity contribution is -0.137. The van der Waals surface area contributed by atoms with E-state index in [1.807, 2.05) is 4.90 Å². The van der Waals surface area contributed by atoms with Crippen LogP contribution in [0.2, 0.25) is 10.0 Å². The summed E-state index contributed by atoms with van der Waals surface area (Å²) in [5, 5.41) is 3.70. The van der Waals surface area contributed by atoms with Crippen LogP contribution < -0.4 is 5.32 Å². The molecule has 25 heavy (non-hydrogen) atoms. The van der Waals surface area contributed by atoms with Crippen LogP contribution in [-0.4, -0.2) is 47.9 Å². The van der Waals surface area contributed by atoms with Gasteiger partial charge >= 0.3 is 6.03 Å². The van der Waals surface area contributed by atoms with E-state index >= 15 is 0 Å². The van der Waals surface area contributed by atoms with Gasteiger partial charge in [0.25, 0.3) is 0 Å². The number of carbonyl (C=O) groups is 2. The third-order valence-electron chi connectivity index (χ3n) is 4.97. The van der Waals surface area contributed by atoms with Crippen LogP contribution in [0.4, 0.5) is 10.5 Å². The number of carbonyl (C=O) groups excluding carboxylic acids is 2. The number of halogens is 2. The highest BCUT2D eigenvalue weighted by Crippen LogP contribution is 2.26. The number of benzene rings is 1. The maximum Gasteiger partial charge on any atom is 0.321 e. The van der Waals surface area contributed by atoms with Crippen molar-refractivity contribution in [1.82, 2.24) is 9.80 Å². The molecule has 0 bridgehead atoms. The standard InChI is InChI=1S/C18H23Cl2N3O2/c19-15-5-4-14(12-16(15)20)21-18(25)23-10-6-13(7-11-23)17(24)22-8-2-1-3-9-22/h4-5,12-13H,1-3,6-11H2,(H,21,25). The van der Waals surface area contributed by atoms with Crippen LogP contribution in [0.15, 0.2) is 18.2 Å². The predicted octanol–water partition coefficient (Wildman–Crippen LogP) is 4.25. The summed E-state index contributed by atoms with van der Waals surface area (Å²) in [6.07, 6.45) is 4.89. The molecule has 0 radical (unpaired) electrons. The molecule has 0 aliphatic carbocycles. The summed E-state index contributed by atoms with van der Waals surface area (Å²) in [5.41, 5.74) is 0.617. The summed E-state index contributed by atoms with van der Waals surface area (Å²) in [5.74, 6) is 0.316. The molecule has 0 saturated carbocycles. The molecule has 1 N–H and O–H groups in total. The van der Waals surface area contributed by atoms with Gasteiger partial charge in [0.1, 0.15) is 0 Å². The van der Waals surface area contributed by atoms with Gasteiger partial charge < -0.3 is 15.1 Å². The summed E-state index contributed by atoms with van der Waals surface area (Å²) < 4.78 is 0. The summed E-state index contributed by atoms with van der Waals surface area (Å²) in [6.45, 7) is 2.96. The fourth-order valence-electron chi connectivity index (χ4n) is 3.48. The van der Waals surface area contributed by atoms with E-state index in [9.17, 15) is 9.59 Å². The fraction of sp³-hybridized carbons (Fsp3) is 0.556. The number of rotatable bonds is 2. The van der Waals surface area contributed by atoms with E-state index in [1.54, 1.807) is 23.1 Å². The Morgan fingerprint density at radius 2 is 1.60 bits per heavy atom.